The molecule has 152 valence electrons. The highest BCUT2D eigenvalue weighted by Crippen LogP contribution is 2.22. The summed E-state index contributed by atoms with van der Waals surface area (Å²) < 4.78 is 2.64. The molecular weight excluding hydrogens is 398 g/mol. The first-order chi connectivity index (χ1) is 14.4. The molecule has 0 spiro atoms. The van der Waals surface area contributed by atoms with E-state index in [9.17, 15) is 14.4 Å². The normalized spacial score (nSPS) is 11.0. The molecular formula is C23H21N3O3S. The molecule has 0 unspecified atom stereocenters. The number of benzene rings is 2. The number of carbonyl (C=O) groups excluding carboxylic acids is 1. The average Bonchev–Trinajstić information content (AvgIpc) is 3.21. The van der Waals surface area contributed by atoms with Crippen molar-refractivity contribution >= 4 is 27.5 Å². The highest BCUT2D eigenvalue weighted by molar-refractivity contribution is 7.20. The number of hydrogen-bond acceptors (Lipinski definition) is 4. The van der Waals surface area contributed by atoms with Crippen LogP contribution in [-0.2, 0) is 20.1 Å². The minimum absolute atomic E-state index is 0.188. The van der Waals surface area contributed by atoms with Crippen LogP contribution in [0.4, 0.5) is 0 Å². The molecule has 0 aliphatic carbocycles. The molecule has 0 saturated carbocycles. The van der Waals surface area contributed by atoms with Crippen LogP contribution in [0.3, 0.4) is 0 Å². The van der Waals surface area contributed by atoms with E-state index in [4.69, 9.17) is 0 Å². The molecule has 6 nitrogen and oxygen atoms in total. The topological polar surface area (TPSA) is 73.1 Å². The second-order valence-electron chi connectivity index (χ2n) is 7.22. The molecule has 0 saturated heterocycles. The molecule has 2 aromatic carbocycles. The minimum atomic E-state index is -0.398. The molecule has 1 N–H and O–H groups in total. The van der Waals surface area contributed by atoms with Crippen LogP contribution in [0.2, 0.25) is 0 Å². The van der Waals surface area contributed by atoms with Crippen LogP contribution in [-0.4, -0.2) is 15.0 Å². The van der Waals surface area contributed by atoms with Gasteiger partial charge in [0.05, 0.1) is 16.8 Å². The third kappa shape index (κ3) is 3.84. The SMILES string of the molecule is Cc1ccc(CNC(=O)c2cc3c(=O)n(Cc4ccccc4)c(=O)n(C)c3s2)cc1. The second kappa shape index (κ2) is 8.12. The Bertz CT molecular complexity index is 1330. The summed E-state index contributed by atoms with van der Waals surface area (Å²) in [7, 11) is 1.62. The largest absolute Gasteiger partial charge is 0.347 e. The summed E-state index contributed by atoms with van der Waals surface area (Å²) in [6, 6.07) is 18.8. The molecule has 4 aromatic rings. The third-order valence-corrected chi connectivity index (χ3v) is 6.20. The van der Waals surface area contributed by atoms with E-state index in [2.05, 4.69) is 5.32 Å². The summed E-state index contributed by atoms with van der Waals surface area (Å²) in [6.45, 7) is 2.59. The lowest BCUT2D eigenvalue weighted by Crippen LogP contribution is -2.38. The van der Waals surface area contributed by atoms with Crippen molar-refractivity contribution in [1.82, 2.24) is 14.5 Å². The number of amides is 1. The fourth-order valence-corrected chi connectivity index (χ4v) is 4.30. The predicted octanol–water partition coefficient (Wildman–Crippen LogP) is 3.05. The van der Waals surface area contributed by atoms with E-state index in [0.717, 1.165) is 28.0 Å². The predicted molar refractivity (Wildman–Crippen MR) is 119 cm³/mol. The van der Waals surface area contributed by atoms with Crippen molar-refractivity contribution in [1.29, 1.82) is 0 Å². The van der Waals surface area contributed by atoms with Gasteiger partial charge in [0, 0.05) is 13.6 Å². The first-order valence-electron chi connectivity index (χ1n) is 9.55. The smallest absolute Gasteiger partial charge is 0.332 e. The van der Waals surface area contributed by atoms with Crippen LogP contribution in [0.1, 0.15) is 26.4 Å². The molecule has 0 aliphatic heterocycles. The van der Waals surface area contributed by atoms with Crippen molar-refractivity contribution in [2.45, 2.75) is 20.0 Å². The zero-order valence-electron chi connectivity index (χ0n) is 16.7. The van der Waals surface area contributed by atoms with E-state index in [-0.39, 0.29) is 18.0 Å². The van der Waals surface area contributed by atoms with E-state index in [1.165, 1.54) is 9.13 Å². The van der Waals surface area contributed by atoms with E-state index >= 15 is 0 Å². The van der Waals surface area contributed by atoms with Gasteiger partial charge in [0.1, 0.15) is 4.83 Å². The number of aromatic nitrogens is 2. The highest BCUT2D eigenvalue weighted by atomic mass is 32.1. The van der Waals surface area contributed by atoms with Crippen molar-refractivity contribution in [3.05, 3.63) is 103 Å². The lowest BCUT2D eigenvalue weighted by Gasteiger charge is -2.08. The molecule has 0 radical (unpaired) electrons. The molecule has 7 heteroatoms. The Morgan fingerprint density at radius 3 is 2.40 bits per heavy atom. The first kappa shape index (κ1) is 19.8. The maximum absolute atomic E-state index is 13.0. The number of carbonyl (C=O) groups is 1. The summed E-state index contributed by atoms with van der Waals surface area (Å²) in [5, 5.41) is 3.25. The van der Waals surface area contributed by atoms with Gasteiger partial charge >= 0.3 is 5.69 Å². The number of fused-ring (bicyclic) bond motifs is 1. The Balaban J connectivity index is 1.65. The highest BCUT2D eigenvalue weighted by Gasteiger charge is 2.18. The number of aryl methyl sites for hydroxylation is 2. The van der Waals surface area contributed by atoms with Crippen LogP contribution in [0.25, 0.3) is 10.2 Å². The third-order valence-electron chi connectivity index (χ3n) is 4.99. The van der Waals surface area contributed by atoms with Crippen LogP contribution < -0.4 is 16.6 Å². The van der Waals surface area contributed by atoms with Crippen molar-refractivity contribution in [2.24, 2.45) is 7.05 Å². The van der Waals surface area contributed by atoms with E-state index in [0.29, 0.717) is 21.6 Å². The lowest BCUT2D eigenvalue weighted by molar-refractivity contribution is 0.0955. The molecule has 30 heavy (non-hydrogen) atoms. The van der Waals surface area contributed by atoms with Crippen molar-refractivity contribution in [2.75, 3.05) is 0 Å². The Morgan fingerprint density at radius 1 is 1.00 bits per heavy atom. The standard InChI is InChI=1S/C23H21N3O3S/c1-15-8-10-16(11-9-15)13-24-20(27)19-12-18-21(28)26(14-17-6-4-3-5-7-17)23(29)25(2)22(18)30-19/h3-12H,13-14H2,1-2H3,(H,24,27). The number of hydrogen-bond donors (Lipinski definition) is 1. The summed E-state index contributed by atoms with van der Waals surface area (Å²) in [5.41, 5.74) is 2.23. The van der Waals surface area contributed by atoms with Gasteiger partial charge in [-0.1, -0.05) is 60.2 Å². The molecule has 2 aromatic heterocycles. The van der Waals surface area contributed by atoms with Gasteiger partial charge in [-0.25, -0.2) is 4.79 Å². The van der Waals surface area contributed by atoms with Gasteiger partial charge in [0.25, 0.3) is 11.5 Å². The van der Waals surface area contributed by atoms with Crippen LogP contribution >= 0.6 is 11.3 Å². The number of nitrogens with zero attached hydrogens (tertiary/aromatic N) is 2. The Morgan fingerprint density at radius 2 is 1.70 bits per heavy atom. The molecule has 4 rings (SSSR count). The molecule has 0 bridgehead atoms. The van der Waals surface area contributed by atoms with E-state index < -0.39 is 5.69 Å². The van der Waals surface area contributed by atoms with Gasteiger partial charge in [-0.15, -0.1) is 11.3 Å². The summed E-state index contributed by atoms with van der Waals surface area (Å²) in [6.07, 6.45) is 0. The van der Waals surface area contributed by atoms with Crippen LogP contribution in [0.15, 0.2) is 70.3 Å². The van der Waals surface area contributed by atoms with Gasteiger partial charge in [-0.3, -0.25) is 18.7 Å². The molecule has 0 fully saturated rings. The summed E-state index contributed by atoms with van der Waals surface area (Å²) >= 11 is 1.15. The van der Waals surface area contributed by atoms with E-state index in [1.807, 2.05) is 61.5 Å². The molecule has 0 atom stereocenters. The van der Waals surface area contributed by atoms with Crippen LogP contribution in [0.5, 0.6) is 0 Å². The van der Waals surface area contributed by atoms with Crippen LogP contribution in [0, 0.1) is 6.92 Å². The van der Waals surface area contributed by atoms with Crippen molar-refractivity contribution < 1.29 is 4.79 Å². The first-order valence-corrected chi connectivity index (χ1v) is 10.4. The quantitative estimate of drug-likeness (QED) is 0.540. The molecule has 0 aliphatic rings. The summed E-state index contributed by atoms with van der Waals surface area (Å²) in [4.78, 5) is 39.3. The Kier molecular flexibility index (Phi) is 5.37. The number of rotatable bonds is 5. The Hall–Kier alpha value is -3.45. The average molecular weight is 420 g/mol. The zero-order chi connectivity index (χ0) is 21.3. The van der Waals surface area contributed by atoms with Gasteiger partial charge in [0.15, 0.2) is 0 Å². The van der Waals surface area contributed by atoms with Gasteiger partial charge < -0.3 is 5.32 Å². The minimum Gasteiger partial charge on any atom is -0.347 e. The van der Waals surface area contributed by atoms with Gasteiger partial charge in [-0.05, 0) is 24.1 Å². The number of nitrogens with one attached hydrogen (secondary N) is 1. The fraction of sp³-hybridized carbons (Fsp3) is 0.174. The maximum Gasteiger partial charge on any atom is 0.332 e. The monoisotopic (exact) mass is 419 g/mol. The maximum atomic E-state index is 13.0. The lowest BCUT2D eigenvalue weighted by atomic mass is 10.1. The fourth-order valence-electron chi connectivity index (χ4n) is 3.28. The molecule has 2 heterocycles. The summed E-state index contributed by atoms with van der Waals surface area (Å²) in [5.74, 6) is -0.266. The van der Waals surface area contributed by atoms with Crippen molar-refractivity contribution in [3.63, 3.8) is 0 Å². The van der Waals surface area contributed by atoms with Gasteiger partial charge in [-0.2, -0.15) is 0 Å². The number of thiophene rings is 1. The van der Waals surface area contributed by atoms with E-state index in [1.54, 1.807) is 13.1 Å². The van der Waals surface area contributed by atoms with Crippen molar-refractivity contribution in [3.8, 4) is 0 Å². The zero-order valence-corrected chi connectivity index (χ0v) is 17.5. The Labute approximate surface area is 177 Å². The second-order valence-corrected chi connectivity index (χ2v) is 8.25. The molecule has 1 amide bonds. The van der Waals surface area contributed by atoms with Gasteiger partial charge in [0.2, 0.25) is 0 Å².